The molecule has 22 heavy (non-hydrogen) atoms. The molecule has 0 saturated carbocycles. The van der Waals surface area contributed by atoms with Gasteiger partial charge in [-0.05, 0) is 26.3 Å². The molecule has 1 fully saturated rings. The van der Waals surface area contributed by atoms with Crippen molar-refractivity contribution in [3.8, 4) is 0 Å². The zero-order chi connectivity index (χ0) is 15.9. The lowest BCUT2D eigenvalue weighted by molar-refractivity contribution is 0.202. The molecule has 7 nitrogen and oxygen atoms in total. The predicted molar refractivity (Wildman–Crippen MR) is 80.5 cm³/mol. The molecule has 1 atom stereocenters. The van der Waals surface area contributed by atoms with Crippen LogP contribution in [-0.2, 0) is 20.6 Å². The van der Waals surface area contributed by atoms with E-state index in [4.69, 9.17) is 4.52 Å². The molecule has 0 aliphatic carbocycles. The third kappa shape index (κ3) is 2.52. The first-order chi connectivity index (χ1) is 10.5. The van der Waals surface area contributed by atoms with Crippen LogP contribution in [0.15, 0.2) is 26.2 Å². The van der Waals surface area contributed by atoms with Crippen LogP contribution >= 0.6 is 0 Å². The second-order valence-electron chi connectivity index (χ2n) is 5.87. The summed E-state index contributed by atoms with van der Waals surface area (Å²) in [6, 6.07) is 3.63. The molecule has 0 radical (unpaired) electrons. The molecule has 0 N–H and O–H groups in total. The highest BCUT2D eigenvalue weighted by Gasteiger charge is 2.29. The minimum Gasteiger partial charge on any atom is -0.359 e. The van der Waals surface area contributed by atoms with Gasteiger partial charge in [-0.1, -0.05) is 5.16 Å². The van der Waals surface area contributed by atoms with Gasteiger partial charge in [-0.15, -0.1) is 0 Å². The standard InChI is InChI=1S/C15H20N4O3/c1-10-7-13(22-16-10)12-5-4-6-19(12)9-11-8-14(20)18(3)15(21)17(11)2/h7-8,12H,4-6,9H2,1-3H3/t12-/m0/s1. The molecular formula is C15H20N4O3. The van der Waals surface area contributed by atoms with Crippen molar-refractivity contribution in [3.05, 3.63) is 50.1 Å². The number of rotatable bonds is 3. The number of nitrogens with zero attached hydrogens (tertiary/aromatic N) is 4. The topological polar surface area (TPSA) is 73.3 Å². The van der Waals surface area contributed by atoms with Gasteiger partial charge in [-0.25, -0.2) is 4.79 Å². The first-order valence-electron chi connectivity index (χ1n) is 7.40. The first kappa shape index (κ1) is 14.8. The lowest BCUT2D eigenvalue weighted by Gasteiger charge is -2.23. The molecule has 0 aromatic carbocycles. The molecule has 0 unspecified atom stereocenters. The summed E-state index contributed by atoms with van der Waals surface area (Å²) >= 11 is 0. The summed E-state index contributed by atoms with van der Waals surface area (Å²) in [6.45, 7) is 3.36. The molecule has 2 aromatic heterocycles. The lowest BCUT2D eigenvalue weighted by atomic mass is 10.1. The van der Waals surface area contributed by atoms with E-state index in [2.05, 4.69) is 10.1 Å². The van der Waals surface area contributed by atoms with Crippen molar-refractivity contribution >= 4 is 0 Å². The first-order valence-corrected chi connectivity index (χ1v) is 7.40. The van der Waals surface area contributed by atoms with Crippen LogP contribution in [0.3, 0.4) is 0 Å². The molecule has 3 rings (SSSR count). The van der Waals surface area contributed by atoms with E-state index < -0.39 is 0 Å². The van der Waals surface area contributed by atoms with Gasteiger partial charge >= 0.3 is 5.69 Å². The Bertz CT molecular complexity index is 802. The molecular weight excluding hydrogens is 284 g/mol. The van der Waals surface area contributed by atoms with Crippen molar-refractivity contribution in [2.45, 2.75) is 32.4 Å². The van der Waals surface area contributed by atoms with Gasteiger partial charge in [-0.3, -0.25) is 18.8 Å². The molecule has 0 spiro atoms. The van der Waals surface area contributed by atoms with E-state index in [1.54, 1.807) is 7.05 Å². The second kappa shape index (κ2) is 5.57. The summed E-state index contributed by atoms with van der Waals surface area (Å²) in [7, 11) is 3.19. The SMILES string of the molecule is Cc1cc([C@@H]2CCCN2Cc2cc(=O)n(C)c(=O)n2C)on1. The van der Waals surface area contributed by atoms with Crippen LogP contribution < -0.4 is 11.2 Å². The third-order valence-corrected chi connectivity index (χ3v) is 4.33. The van der Waals surface area contributed by atoms with Crippen molar-refractivity contribution < 1.29 is 4.52 Å². The van der Waals surface area contributed by atoms with Gasteiger partial charge in [0.1, 0.15) is 0 Å². The van der Waals surface area contributed by atoms with Gasteiger partial charge in [0.15, 0.2) is 5.76 Å². The average Bonchev–Trinajstić information content (AvgIpc) is 3.11. The normalized spacial score (nSPS) is 19.0. The van der Waals surface area contributed by atoms with Crippen LogP contribution in [0.4, 0.5) is 0 Å². The summed E-state index contributed by atoms with van der Waals surface area (Å²) in [5.74, 6) is 0.851. The summed E-state index contributed by atoms with van der Waals surface area (Å²) < 4.78 is 8.03. The zero-order valence-electron chi connectivity index (χ0n) is 13.1. The summed E-state index contributed by atoms with van der Waals surface area (Å²) in [5, 5.41) is 3.95. The fourth-order valence-electron chi connectivity index (χ4n) is 3.02. The zero-order valence-corrected chi connectivity index (χ0v) is 13.1. The summed E-state index contributed by atoms with van der Waals surface area (Å²) in [4.78, 5) is 26.1. The smallest absolute Gasteiger partial charge is 0.330 e. The molecule has 0 amide bonds. The minimum absolute atomic E-state index is 0.153. The van der Waals surface area contributed by atoms with Crippen LogP contribution in [0.2, 0.25) is 0 Å². The maximum atomic E-state index is 12.0. The monoisotopic (exact) mass is 304 g/mol. The highest BCUT2D eigenvalue weighted by Crippen LogP contribution is 2.33. The van der Waals surface area contributed by atoms with Crippen LogP contribution in [0, 0.1) is 6.92 Å². The molecule has 0 bridgehead atoms. The van der Waals surface area contributed by atoms with Gasteiger partial charge in [0.25, 0.3) is 5.56 Å². The van der Waals surface area contributed by atoms with Crippen LogP contribution in [-0.4, -0.2) is 25.7 Å². The molecule has 118 valence electrons. The fraction of sp³-hybridized carbons (Fsp3) is 0.533. The number of hydrogen-bond donors (Lipinski definition) is 0. The highest BCUT2D eigenvalue weighted by molar-refractivity contribution is 5.11. The van der Waals surface area contributed by atoms with E-state index >= 15 is 0 Å². The van der Waals surface area contributed by atoms with E-state index in [1.165, 1.54) is 17.7 Å². The number of hydrogen-bond acceptors (Lipinski definition) is 5. The van der Waals surface area contributed by atoms with Crippen LogP contribution in [0.5, 0.6) is 0 Å². The van der Waals surface area contributed by atoms with Crippen molar-refractivity contribution in [2.24, 2.45) is 14.1 Å². The maximum absolute atomic E-state index is 12.0. The molecule has 2 aromatic rings. The fourth-order valence-corrected chi connectivity index (χ4v) is 3.02. The average molecular weight is 304 g/mol. The quantitative estimate of drug-likeness (QED) is 0.835. The van der Waals surface area contributed by atoms with Gasteiger partial charge in [0, 0.05) is 38.5 Å². The summed E-state index contributed by atoms with van der Waals surface area (Å²) in [5.41, 5.74) is 1.01. The number of likely N-dealkylation sites (tertiary alicyclic amines) is 1. The van der Waals surface area contributed by atoms with E-state index in [0.29, 0.717) is 6.54 Å². The Morgan fingerprint density at radius 3 is 2.73 bits per heavy atom. The molecule has 1 saturated heterocycles. The highest BCUT2D eigenvalue weighted by atomic mass is 16.5. The maximum Gasteiger partial charge on any atom is 0.330 e. The molecule has 7 heteroatoms. The van der Waals surface area contributed by atoms with Crippen LogP contribution in [0.1, 0.15) is 36.0 Å². The van der Waals surface area contributed by atoms with Crippen LogP contribution in [0.25, 0.3) is 0 Å². The van der Waals surface area contributed by atoms with E-state index in [-0.39, 0.29) is 17.3 Å². The predicted octanol–water partition coefficient (Wildman–Crippen LogP) is 0.718. The lowest BCUT2D eigenvalue weighted by Crippen LogP contribution is -2.39. The van der Waals surface area contributed by atoms with Gasteiger partial charge in [-0.2, -0.15) is 0 Å². The van der Waals surface area contributed by atoms with Gasteiger partial charge in [0.2, 0.25) is 0 Å². The molecule has 3 heterocycles. The van der Waals surface area contributed by atoms with Crippen molar-refractivity contribution in [2.75, 3.05) is 6.54 Å². The van der Waals surface area contributed by atoms with E-state index in [1.807, 2.05) is 13.0 Å². The van der Waals surface area contributed by atoms with E-state index in [9.17, 15) is 9.59 Å². The minimum atomic E-state index is -0.297. The largest absolute Gasteiger partial charge is 0.359 e. The van der Waals surface area contributed by atoms with E-state index in [0.717, 1.165) is 41.1 Å². The van der Waals surface area contributed by atoms with Crippen molar-refractivity contribution in [1.29, 1.82) is 0 Å². The Morgan fingerprint density at radius 2 is 2.05 bits per heavy atom. The van der Waals surface area contributed by atoms with Crippen molar-refractivity contribution in [1.82, 2.24) is 19.2 Å². The summed E-state index contributed by atoms with van der Waals surface area (Å²) in [6.07, 6.45) is 2.05. The number of aromatic nitrogens is 3. The number of aryl methyl sites for hydroxylation is 1. The Morgan fingerprint density at radius 1 is 1.27 bits per heavy atom. The van der Waals surface area contributed by atoms with Crippen molar-refractivity contribution in [3.63, 3.8) is 0 Å². The molecule has 1 aliphatic rings. The van der Waals surface area contributed by atoms with Gasteiger partial charge < -0.3 is 4.52 Å². The Hall–Kier alpha value is -2.15. The second-order valence-corrected chi connectivity index (χ2v) is 5.87. The Kier molecular flexibility index (Phi) is 3.74. The Balaban J connectivity index is 1.90. The third-order valence-electron chi connectivity index (χ3n) is 4.33. The van der Waals surface area contributed by atoms with Gasteiger partial charge in [0.05, 0.1) is 11.7 Å². The Labute approximate surface area is 127 Å². The molecule has 1 aliphatic heterocycles.